The molecule has 5 nitrogen and oxygen atoms in total. The van der Waals surface area contributed by atoms with Crippen LogP contribution in [-0.4, -0.2) is 45.5 Å². The van der Waals surface area contributed by atoms with Gasteiger partial charge in [0.05, 0.1) is 16.9 Å². The van der Waals surface area contributed by atoms with E-state index in [0.717, 1.165) is 41.7 Å². The Bertz CT molecular complexity index is 920. The summed E-state index contributed by atoms with van der Waals surface area (Å²) in [6, 6.07) is 8.55. The third-order valence-corrected chi connectivity index (χ3v) is 5.33. The molecule has 0 radical (unpaired) electrons. The number of nitrogens with one attached hydrogen (secondary N) is 2. The zero-order chi connectivity index (χ0) is 18.8. The SMILES string of the molecule is CC(C)CN1CCC[C@H](Nc2ncc(Cl)c(-c3c[nH]c4ccccc34)n2)C1. The van der Waals surface area contributed by atoms with Crippen LogP contribution in [0, 0.1) is 5.92 Å². The normalized spacial score (nSPS) is 18.3. The number of benzene rings is 1. The van der Waals surface area contributed by atoms with Crippen LogP contribution in [0.1, 0.15) is 26.7 Å². The Morgan fingerprint density at radius 2 is 2.19 bits per heavy atom. The highest BCUT2D eigenvalue weighted by Crippen LogP contribution is 2.32. The van der Waals surface area contributed by atoms with Crippen LogP contribution < -0.4 is 5.32 Å². The van der Waals surface area contributed by atoms with Crippen LogP contribution in [-0.2, 0) is 0 Å². The number of piperidine rings is 1. The second-order valence-electron chi connectivity index (χ2n) is 7.77. The van der Waals surface area contributed by atoms with Gasteiger partial charge in [0.2, 0.25) is 5.95 Å². The Morgan fingerprint density at radius 1 is 1.33 bits per heavy atom. The number of halogens is 1. The molecule has 4 rings (SSSR count). The van der Waals surface area contributed by atoms with E-state index in [4.69, 9.17) is 16.6 Å². The summed E-state index contributed by atoms with van der Waals surface area (Å²) in [7, 11) is 0. The van der Waals surface area contributed by atoms with Gasteiger partial charge in [-0.15, -0.1) is 0 Å². The second-order valence-corrected chi connectivity index (χ2v) is 8.18. The summed E-state index contributed by atoms with van der Waals surface area (Å²) in [5.74, 6) is 1.33. The number of para-hydroxylation sites is 1. The Hall–Kier alpha value is -2.11. The van der Waals surface area contributed by atoms with E-state index >= 15 is 0 Å². The number of hydrogen-bond acceptors (Lipinski definition) is 4. The highest BCUT2D eigenvalue weighted by atomic mass is 35.5. The molecule has 0 bridgehead atoms. The fraction of sp³-hybridized carbons (Fsp3) is 0.429. The first-order chi connectivity index (χ1) is 13.1. The molecule has 1 aliphatic heterocycles. The standard InChI is InChI=1S/C21H26ClN5/c1-14(2)12-27-9-5-6-15(13-27)25-21-24-11-18(22)20(26-21)17-10-23-19-8-4-3-7-16(17)19/h3-4,7-8,10-11,14-15,23H,5-6,9,12-13H2,1-2H3,(H,24,25,26)/t15-/m0/s1. The first-order valence-electron chi connectivity index (χ1n) is 9.68. The van der Waals surface area contributed by atoms with Crippen LogP contribution in [0.15, 0.2) is 36.7 Å². The average molecular weight is 384 g/mol. The van der Waals surface area contributed by atoms with E-state index in [-0.39, 0.29) is 0 Å². The van der Waals surface area contributed by atoms with Gasteiger partial charge in [0.15, 0.2) is 0 Å². The highest BCUT2D eigenvalue weighted by molar-refractivity contribution is 6.33. The largest absolute Gasteiger partial charge is 0.360 e. The van der Waals surface area contributed by atoms with Gasteiger partial charge in [-0.2, -0.15) is 0 Å². The maximum absolute atomic E-state index is 6.44. The molecular weight excluding hydrogens is 358 g/mol. The molecule has 1 saturated heterocycles. The molecule has 2 N–H and O–H groups in total. The number of aromatic amines is 1. The summed E-state index contributed by atoms with van der Waals surface area (Å²) in [6.07, 6.45) is 6.01. The topological polar surface area (TPSA) is 56.8 Å². The van der Waals surface area contributed by atoms with Crippen LogP contribution in [0.4, 0.5) is 5.95 Å². The van der Waals surface area contributed by atoms with Gasteiger partial charge in [0, 0.05) is 41.8 Å². The van der Waals surface area contributed by atoms with Crippen LogP contribution in [0.3, 0.4) is 0 Å². The smallest absolute Gasteiger partial charge is 0.223 e. The minimum atomic E-state index is 0.370. The van der Waals surface area contributed by atoms with Crippen molar-refractivity contribution in [2.45, 2.75) is 32.7 Å². The van der Waals surface area contributed by atoms with Gasteiger partial charge in [-0.1, -0.05) is 43.6 Å². The van der Waals surface area contributed by atoms with Crippen LogP contribution in [0.5, 0.6) is 0 Å². The van der Waals surface area contributed by atoms with Crippen molar-refractivity contribution in [2.24, 2.45) is 5.92 Å². The maximum atomic E-state index is 6.44. The summed E-state index contributed by atoms with van der Waals surface area (Å²) < 4.78 is 0. The number of hydrogen-bond donors (Lipinski definition) is 2. The molecule has 0 spiro atoms. The molecule has 3 heterocycles. The first-order valence-corrected chi connectivity index (χ1v) is 10.1. The first kappa shape index (κ1) is 18.3. The summed E-state index contributed by atoms with van der Waals surface area (Å²) >= 11 is 6.44. The van der Waals surface area contributed by atoms with E-state index in [2.05, 4.69) is 46.2 Å². The van der Waals surface area contributed by atoms with Crippen LogP contribution >= 0.6 is 11.6 Å². The molecule has 0 saturated carbocycles. The zero-order valence-corrected chi connectivity index (χ0v) is 16.6. The van der Waals surface area contributed by atoms with Gasteiger partial charge < -0.3 is 15.2 Å². The van der Waals surface area contributed by atoms with Gasteiger partial charge in [-0.25, -0.2) is 9.97 Å². The van der Waals surface area contributed by atoms with Crippen molar-refractivity contribution < 1.29 is 0 Å². The van der Waals surface area contributed by atoms with E-state index in [0.29, 0.717) is 22.9 Å². The molecule has 1 aliphatic rings. The molecular formula is C21H26ClN5. The van der Waals surface area contributed by atoms with Crippen LogP contribution in [0.25, 0.3) is 22.2 Å². The maximum Gasteiger partial charge on any atom is 0.223 e. The Kier molecular flexibility index (Phi) is 5.32. The fourth-order valence-corrected chi connectivity index (χ4v) is 4.12. The van der Waals surface area contributed by atoms with E-state index in [1.165, 1.54) is 13.0 Å². The van der Waals surface area contributed by atoms with Crippen molar-refractivity contribution >= 4 is 28.5 Å². The Balaban J connectivity index is 1.56. The quantitative estimate of drug-likeness (QED) is 0.663. The number of likely N-dealkylation sites (tertiary alicyclic amines) is 1. The lowest BCUT2D eigenvalue weighted by molar-refractivity contribution is 0.195. The fourth-order valence-electron chi connectivity index (χ4n) is 3.93. The Labute approximate surface area is 165 Å². The van der Waals surface area contributed by atoms with Gasteiger partial charge in [-0.3, -0.25) is 0 Å². The predicted molar refractivity (Wildman–Crippen MR) is 112 cm³/mol. The van der Waals surface area contributed by atoms with Crippen molar-refractivity contribution in [3.8, 4) is 11.3 Å². The van der Waals surface area contributed by atoms with Crippen molar-refractivity contribution in [3.63, 3.8) is 0 Å². The highest BCUT2D eigenvalue weighted by Gasteiger charge is 2.21. The number of nitrogens with zero attached hydrogens (tertiary/aromatic N) is 3. The number of aromatic nitrogens is 3. The van der Waals surface area contributed by atoms with E-state index in [1.807, 2.05) is 18.3 Å². The summed E-state index contributed by atoms with van der Waals surface area (Å²) in [5.41, 5.74) is 2.85. The van der Waals surface area contributed by atoms with Gasteiger partial charge >= 0.3 is 0 Å². The molecule has 6 heteroatoms. The summed E-state index contributed by atoms with van der Waals surface area (Å²) in [6.45, 7) is 7.89. The molecule has 0 aliphatic carbocycles. The summed E-state index contributed by atoms with van der Waals surface area (Å²) in [4.78, 5) is 15.0. The molecule has 2 aromatic heterocycles. The monoisotopic (exact) mass is 383 g/mol. The molecule has 0 amide bonds. The lowest BCUT2D eigenvalue weighted by Crippen LogP contribution is -2.43. The predicted octanol–water partition coefficient (Wildman–Crippen LogP) is 4.81. The average Bonchev–Trinajstić information content (AvgIpc) is 3.07. The lowest BCUT2D eigenvalue weighted by Gasteiger charge is -2.34. The van der Waals surface area contributed by atoms with E-state index < -0.39 is 0 Å². The van der Waals surface area contributed by atoms with Crippen molar-refractivity contribution in [1.29, 1.82) is 0 Å². The zero-order valence-electron chi connectivity index (χ0n) is 15.9. The van der Waals surface area contributed by atoms with Gasteiger partial charge in [0.1, 0.15) is 0 Å². The van der Waals surface area contributed by atoms with Crippen molar-refractivity contribution in [2.75, 3.05) is 25.0 Å². The van der Waals surface area contributed by atoms with Crippen molar-refractivity contribution in [1.82, 2.24) is 19.9 Å². The molecule has 1 atom stereocenters. The second kappa shape index (κ2) is 7.87. The van der Waals surface area contributed by atoms with Gasteiger partial charge in [0.25, 0.3) is 0 Å². The van der Waals surface area contributed by atoms with Gasteiger partial charge in [-0.05, 0) is 31.4 Å². The van der Waals surface area contributed by atoms with E-state index in [9.17, 15) is 0 Å². The molecule has 27 heavy (non-hydrogen) atoms. The number of fused-ring (bicyclic) bond motifs is 1. The summed E-state index contributed by atoms with van der Waals surface area (Å²) in [5, 5.41) is 5.21. The van der Waals surface area contributed by atoms with E-state index in [1.54, 1.807) is 6.20 Å². The number of rotatable bonds is 5. The Morgan fingerprint density at radius 3 is 3.04 bits per heavy atom. The van der Waals surface area contributed by atoms with Crippen molar-refractivity contribution in [3.05, 3.63) is 41.7 Å². The minimum Gasteiger partial charge on any atom is -0.360 e. The minimum absolute atomic E-state index is 0.370. The lowest BCUT2D eigenvalue weighted by atomic mass is 10.0. The molecule has 3 aromatic rings. The van der Waals surface area contributed by atoms with Crippen LogP contribution in [0.2, 0.25) is 5.02 Å². The number of anilines is 1. The molecule has 1 fully saturated rings. The molecule has 142 valence electrons. The molecule has 1 aromatic carbocycles. The number of H-pyrrole nitrogens is 1. The molecule has 0 unspecified atom stereocenters. The third-order valence-electron chi connectivity index (χ3n) is 5.05. The third kappa shape index (κ3) is 4.09.